The van der Waals surface area contributed by atoms with Crippen LogP contribution in [0.4, 0.5) is 0 Å². The van der Waals surface area contributed by atoms with E-state index in [9.17, 15) is 0 Å². The van der Waals surface area contributed by atoms with E-state index in [4.69, 9.17) is 9.15 Å². The van der Waals surface area contributed by atoms with Crippen molar-refractivity contribution in [1.82, 2.24) is 5.32 Å². The van der Waals surface area contributed by atoms with Crippen molar-refractivity contribution in [2.24, 2.45) is 0 Å². The molecule has 1 fully saturated rings. The molecule has 1 aromatic rings. The second-order valence-electron chi connectivity index (χ2n) is 4.49. The summed E-state index contributed by atoms with van der Waals surface area (Å²) < 4.78 is 11.7. The molecule has 1 saturated heterocycles. The van der Waals surface area contributed by atoms with Crippen LogP contribution in [0.15, 0.2) is 16.5 Å². The zero-order chi connectivity index (χ0) is 11.5. The zero-order valence-electron chi connectivity index (χ0n) is 10.3. The second kappa shape index (κ2) is 5.02. The minimum Gasteiger partial charge on any atom is -0.464 e. The maximum absolute atomic E-state index is 5.89. The van der Waals surface area contributed by atoms with E-state index in [0.29, 0.717) is 6.10 Å². The van der Waals surface area contributed by atoms with Gasteiger partial charge in [0.2, 0.25) is 0 Å². The molecule has 16 heavy (non-hydrogen) atoms. The molecule has 90 valence electrons. The van der Waals surface area contributed by atoms with Gasteiger partial charge in [-0.2, -0.15) is 0 Å². The fourth-order valence-corrected chi connectivity index (χ4v) is 2.34. The van der Waals surface area contributed by atoms with Crippen LogP contribution in [-0.2, 0) is 11.2 Å². The van der Waals surface area contributed by atoms with E-state index in [1.807, 2.05) is 7.05 Å². The van der Waals surface area contributed by atoms with Gasteiger partial charge in [-0.05, 0) is 38.9 Å². The summed E-state index contributed by atoms with van der Waals surface area (Å²) in [7, 11) is 1.96. The van der Waals surface area contributed by atoms with Gasteiger partial charge >= 0.3 is 0 Å². The summed E-state index contributed by atoms with van der Waals surface area (Å²) in [6.07, 6.45) is 3.81. The maximum atomic E-state index is 5.89. The van der Waals surface area contributed by atoms with Crippen LogP contribution in [0, 0.1) is 0 Å². The first-order valence-electron chi connectivity index (χ1n) is 6.16. The molecule has 2 rings (SSSR count). The van der Waals surface area contributed by atoms with Crippen molar-refractivity contribution in [2.45, 2.75) is 51.4 Å². The number of ether oxygens (including phenoxy) is 1. The molecule has 0 bridgehead atoms. The van der Waals surface area contributed by atoms with E-state index in [0.717, 1.165) is 30.8 Å². The fraction of sp³-hybridized carbons (Fsp3) is 0.692. The Morgan fingerprint density at radius 1 is 1.44 bits per heavy atom. The quantitative estimate of drug-likeness (QED) is 0.852. The van der Waals surface area contributed by atoms with Gasteiger partial charge in [0.15, 0.2) is 0 Å². The van der Waals surface area contributed by atoms with E-state index in [1.165, 1.54) is 0 Å². The largest absolute Gasteiger partial charge is 0.464 e. The molecule has 1 aliphatic rings. The van der Waals surface area contributed by atoms with Crippen molar-refractivity contribution < 1.29 is 9.15 Å². The fourth-order valence-electron chi connectivity index (χ4n) is 2.34. The highest BCUT2D eigenvalue weighted by Gasteiger charge is 2.31. The van der Waals surface area contributed by atoms with Crippen LogP contribution >= 0.6 is 0 Å². The predicted octanol–water partition coefficient (Wildman–Crippen LogP) is 2.67. The van der Waals surface area contributed by atoms with Crippen molar-refractivity contribution in [3.63, 3.8) is 0 Å². The first-order chi connectivity index (χ1) is 7.74. The standard InChI is InChI=1S/C13H21NO2/c1-4-10-6-8-12(16-10)13(14-3)11-7-5-9(2)15-11/h6,8-9,11,13-14H,4-5,7H2,1-3H3. The Labute approximate surface area is 97.2 Å². The SMILES string of the molecule is CCc1ccc(C(NC)C2CCC(C)O2)o1. The third-order valence-corrected chi connectivity index (χ3v) is 3.29. The van der Waals surface area contributed by atoms with Crippen molar-refractivity contribution in [3.05, 3.63) is 23.7 Å². The normalized spacial score (nSPS) is 27.2. The molecule has 1 N–H and O–H groups in total. The lowest BCUT2D eigenvalue weighted by atomic mass is 10.1. The van der Waals surface area contributed by atoms with Gasteiger partial charge in [0.05, 0.1) is 18.2 Å². The number of aryl methyl sites for hydroxylation is 1. The van der Waals surface area contributed by atoms with Crippen LogP contribution in [0.25, 0.3) is 0 Å². The van der Waals surface area contributed by atoms with Gasteiger partial charge in [0.1, 0.15) is 11.5 Å². The average molecular weight is 223 g/mol. The minimum absolute atomic E-state index is 0.185. The average Bonchev–Trinajstić information content (AvgIpc) is 2.89. The van der Waals surface area contributed by atoms with Gasteiger partial charge in [0.25, 0.3) is 0 Å². The zero-order valence-corrected chi connectivity index (χ0v) is 10.3. The molecule has 3 nitrogen and oxygen atoms in total. The van der Waals surface area contributed by atoms with Crippen LogP contribution in [0.5, 0.6) is 0 Å². The number of rotatable bonds is 4. The highest BCUT2D eigenvalue weighted by atomic mass is 16.5. The molecule has 1 aromatic heterocycles. The number of nitrogens with one attached hydrogen (secondary N) is 1. The summed E-state index contributed by atoms with van der Waals surface area (Å²) >= 11 is 0. The van der Waals surface area contributed by atoms with E-state index < -0.39 is 0 Å². The molecule has 0 spiro atoms. The molecule has 0 aliphatic carbocycles. The number of hydrogen-bond donors (Lipinski definition) is 1. The molecule has 0 amide bonds. The van der Waals surface area contributed by atoms with Gasteiger partial charge in [0, 0.05) is 6.42 Å². The Bertz CT molecular complexity index is 334. The summed E-state index contributed by atoms with van der Waals surface area (Å²) in [5.41, 5.74) is 0. The summed E-state index contributed by atoms with van der Waals surface area (Å²) in [5.74, 6) is 2.04. The molecule has 1 aliphatic heterocycles. The molecule has 2 heterocycles. The van der Waals surface area contributed by atoms with Crippen molar-refractivity contribution in [1.29, 1.82) is 0 Å². The van der Waals surface area contributed by atoms with Gasteiger partial charge in [-0.15, -0.1) is 0 Å². The Balaban J connectivity index is 2.09. The topological polar surface area (TPSA) is 34.4 Å². The van der Waals surface area contributed by atoms with Gasteiger partial charge in [-0.3, -0.25) is 0 Å². The highest BCUT2D eigenvalue weighted by molar-refractivity contribution is 5.12. The van der Waals surface area contributed by atoms with Crippen molar-refractivity contribution >= 4 is 0 Å². The van der Waals surface area contributed by atoms with E-state index in [-0.39, 0.29) is 12.1 Å². The van der Waals surface area contributed by atoms with Crippen LogP contribution in [0.1, 0.15) is 44.3 Å². The Morgan fingerprint density at radius 3 is 2.75 bits per heavy atom. The third-order valence-electron chi connectivity index (χ3n) is 3.29. The summed E-state index contributed by atoms with van der Waals surface area (Å²) in [6, 6.07) is 4.30. The van der Waals surface area contributed by atoms with E-state index >= 15 is 0 Å². The number of furan rings is 1. The highest BCUT2D eigenvalue weighted by Crippen LogP contribution is 2.30. The first-order valence-corrected chi connectivity index (χ1v) is 6.16. The molecule has 3 atom stereocenters. The van der Waals surface area contributed by atoms with Crippen molar-refractivity contribution in [3.8, 4) is 0 Å². The molecule has 0 aromatic carbocycles. The Kier molecular flexibility index (Phi) is 3.66. The summed E-state index contributed by atoms with van der Waals surface area (Å²) in [6.45, 7) is 4.23. The second-order valence-corrected chi connectivity index (χ2v) is 4.49. The van der Waals surface area contributed by atoms with Crippen LogP contribution in [0.2, 0.25) is 0 Å². The van der Waals surface area contributed by atoms with Gasteiger partial charge < -0.3 is 14.5 Å². The minimum atomic E-state index is 0.185. The molecular formula is C13H21NO2. The molecule has 3 unspecified atom stereocenters. The van der Waals surface area contributed by atoms with Gasteiger partial charge in [-0.1, -0.05) is 6.92 Å². The van der Waals surface area contributed by atoms with Gasteiger partial charge in [-0.25, -0.2) is 0 Å². The smallest absolute Gasteiger partial charge is 0.123 e. The van der Waals surface area contributed by atoms with E-state index in [2.05, 4.69) is 31.3 Å². The van der Waals surface area contributed by atoms with Crippen molar-refractivity contribution in [2.75, 3.05) is 7.05 Å². The Hall–Kier alpha value is -0.800. The summed E-state index contributed by atoms with van der Waals surface area (Å²) in [5, 5.41) is 3.30. The lowest BCUT2D eigenvalue weighted by Gasteiger charge is -2.21. The van der Waals surface area contributed by atoms with Crippen LogP contribution < -0.4 is 5.32 Å². The summed E-state index contributed by atoms with van der Waals surface area (Å²) in [4.78, 5) is 0. The van der Waals surface area contributed by atoms with Crippen LogP contribution in [0.3, 0.4) is 0 Å². The first kappa shape index (κ1) is 11.7. The van der Waals surface area contributed by atoms with Crippen LogP contribution in [-0.4, -0.2) is 19.3 Å². The maximum Gasteiger partial charge on any atom is 0.123 e. The predicted molar refractivity (Wildman–Crippen MR) is 63.5 cm³/mol. The number of likely N-dealkylation sites (N-methyl/N-ethyl adjacent to an activating group) is 1. The monoisotopic (exact) mass is 223 g/mol. The van der Waals surface area contributed by atoms with E-state index in [1.54, 1.807) is 0 Å². The molecular weight excluding hydrogens is 202 g/mol. The molecule has 0 saturated carbocycles. The third kappa shape index (κ3) is 2.30. The number of hydrogen-bond acceptors (Lipinski definition) is 3. The Morgan fingerprint density at radius 2 is 2.25 bits per heavy atom. The molecule has 0 radical (unpaired) electrons. The molecule has 3 heteroatoms. The lowest BCUT2D eigenvalue weighted by molar-refractivity contribution is 0.0283. The lowest BCUT2D eigenvalue weighted by Crippen LogP contribution is -2.29.